The van der Waals surface area contributed by atoms with Gasteiger partial charge in [0, 0.05) is 12.6 Å². The summed E-state index contributed by atoms with van der Waals surface area (Å²) >= 11 is 0. The van der Waals surface area contributed by atoms with Crippen molar-refractivity contribution in [2.45, 2.75) is 39.2 Å². The molecule has 0 saturated carbocycles. The van der Waals surface area contributed by atoms with Gasteiger partial charge in [0.05, 0.1) is 5.92 Å². The molecule has 0 spiro atoms. The molecule has 0 aromatic carbocycles. The van der Waals surface area contributed by atoms with Gasteiger partial charge in [-0.2, -0.15) is 0 Å². The van der Waals surface area contributed by atoms with Crippen molar-refractivity contribution in [3.05, 3.63) is 0 Å². The van der Waals surface area contributed by atoms with Gasteiger partial charge in [-0.15, -0.1) is 0 Å². The fourth-order valence-corrected chi connectivity index (χ4v) is 1.84. The van der Waals surface area contributed by atoms with Crippen LogP contribution >= 0.6 is 0 Å². The zero-order valence-corrected chi connectivity index (χ0v) is 9.55. The number of carbonyl (C=O) groups is 1. The van der Waals surface area contributed by atoms with E-state index in [1.807, 2.05) is 0 Å². The van der Waals surface area contributed by atoms with Gasteiger partial charge in [0.25, 0.3) is 0 Å². The molecule has 1 saturated heterocycles. The molecule has 0 bridgehead atoms. The lowest BCUT2D eigenvalue weighted by Gasteiger charge is -2.29. The smallest absolute Gasteiger partial charge is 0.224 e. The Hall–Kier alpha value is -0.570. The number of amides is 1. The molecule has 1 rings (SSSR count). The fourth-order valence-electron chi connectivity index (χ4n) is 1.84. The summed E-state index contributed by atoms with van der Waals surface area (Å²) in [7, 11) is 2.09. The van der Waals surface area contributed by atoms with Gasteiger partial charge < -0.3 is 10.2 Å². The number of carbonyl (C=O) groups excluding carboxylic acids is 1. The van der Waals surface area contributed by atoms with Gasteiger partial charge in [0.15, 0.2) is 0 Å². The summed E-state index contributed by atoms with van der Waals surface area (Å²) in [4.78, 5) is 14.0. The lowest BCUT2D eigenvalue weighted by atomic mass is 9.97. The molecule has 3 nitrogen and oxygen atoms in total. The number of nitrogens with one attached hydrogen (secondary N) is 1. The van der Waals surface area contributed by atoms with Crippen molar-refractivity contribution in [3.63, 3.8) is 0 Å². The molecule has 0 radical (unpaired) electrons. The van der Waals surface area contributed by atoms with Gasteiger partial charge in [-0.25, -0.2) is 0 Å². The molecule has 82 valence electrons. The van der Waals surface area contributed by atoms with Crippen LogP contribution in [0.25, 0.3) is 0 Å². The van der Waals surface area contributed by atoms with Crippen LogP contribution in [0, 0.1) is 5.92 Å². The minimum Gasteiger partial charge on any atom is -0.353 e. The standard InChI is InChI=1S/C11H22N2O/c1-4-9(2)12-11(14)10-6-5-7-13(3)8-10/h9-10H,4-8H2,1-3H3,(H,12,14)/t9-,10+/m0/s1. The first kappa shape index (κ1) is 11.5. The normalized spacial score (nSPS) is 25.8. The second-order valence-electron chi connectivity index (χ2n) is 4.42. The minimum absolute atomic E-state index is 0.211. The average molecular weight is 198 g/mol. The third-order valence-corrected chi connectivity index (χ3v) is 3.00. The summed E-state index contributed by atoms with van der Waals surface area (Å²) in [6.07, 6.45) is 3.20. The Balaban J connectivity index is 2.36. The van der Waals surface area contributed by atoms with E-state index in [0.29, 0.717) is 6.04 Å². The molecule has 0 aromatic rings. The van der Waals surface area contributed by atoms with E-state index in [2.05, 4.69) is 31.1 Å². The first-order valence-corrected chi connectivity index (χ1v) is 5.62. The van der Waals surface area contributed by atoms with Crippen molar-refractivity contribution in [3.8, 4) is 0 Å². The summed E-state index contributed by atoms with van der Waals surface area (Å²) in [5.41, 5.74) is 0. The van der Waals surface area contributed by atoms with E-state index in [4.69, 9.17) is 0 Å². The summed E-state index contributed by atoms with van der Waals surface area (Å²) in [5.74, 6) is 0.452. The van der Waals surface area contributed by atoms with E-state index < -0.39 is 0 Å². The summed E-state index contributed by atoms with van der Waals surface area (Å²) in [6, 6.07) is 0.315. The van der Waals surface area contributed by atoms with Crippen LogP contribution in [0.15, 0.2) is 0 Å². The van der Waals surface area contributed by atoms with Gasteiger partial charge in [-0.3, -0.25) is 4.79 Å². The minimum atomic E-state index is 0.211. The third kappa shape index (κ3) is 3.29. The molecule has 14 heavy (non-hydrogen) atoms. The number of hydrogen-bond donors (Lipinski definition) is 1. The van der Waals surface area contributed by atoms with Crippen LogP contribution in [0.2, 0.25) is 0 Å². The molecular formula is C11H22N2O. The quantitative estimate of drug-likeness (QED) is 0.740. The maximum absolute atomic E-state index is 11.8. The molecular weight excluding hydrogens is 176 g/mol. The zero-order valence-electron chi connectivity index (χ0n) is 9.55. The first-order valence-electron chi connectivity index (χ1n) is 5.62. The van der Waals surface area contributed by atoms with Gasteiger partial charge in [0.1, 0.15) is 0 Å². The van der Waals surface area contributed by atoms with E-state index in [1.54, 1.807) is 0 Å². The number of rotatable bonds is 3. The highest BCUT2D eigenvalue weighted by Crippen LogP contribution is 2.15. The molecule has 0 aromatic heterocycles. The highest BCUT2D eigenvalue weighted by atomic mass is 16.2. The molecule has 1 N–H and O–H groups in total. The lowest BCUT2D eigenvalue weighted by molar-refractivity contribution is -0.127. The predicted octanol–water partition coefficient (Wildman–Crippen LogP) is 1.24. The molecule has 2 atom stereocenters. The van der Waals surface area contributed by atoms with Crippen LogP contribution in [0.1, 0.15) is 33.1 Å². The van der Waals surface area contributed by atoms with E-state index in [0.717, 1.165) is 32.4 Å². The molecule has 3 heteroatoms. The predicted molar refractivity (Wildman–Crippen MR) is 58.1 cm³/mol. The summed E-state index contributed by atoms with van der Waals surface area (Å²) < 4.78 is 0. The largest absolute Gasteiger partial charge is 0.353 e. The average Bonchev–Trinajstić information content (AvgIpc) is 2.17. The molecule has 1 aliphatic rings. The molecule has 1 amide bonds. The first-order chi connectivity index (χ1) is 6.63. The van der Waals surface area contributed by atoms with E-state index in [-0.39, 0.29) is 11.8 Å². The van der Waals surface area contributed by atoms with Crippen molar-refractivity contribution < 1.29 is 4.79 Å². The lowest BCUT2D eigenvalue weighted by Crippen LogP contribution is -2.43. The molecule has 0 aliphatic carbocycles. The molecule has 0 unspecified atom stereocenters. The van der Waals surface area contributed by atoms with Gasteiger partial charge >= 0.3 is 0 Å². The second-order valence-corrected chi connectivity index (χ2v) is 4.42. The van der Waals surface area contributed by atoms with Crippen molar-refractivity contribution in [2.24, 2.45) is 5.92 Å². The van der Waals surface area contributed by atoms with Crippen LogP contribution in [-0.4, -0.2) is 37.0 Å². The number of piperidine rings is 1. The van der Waals surface area contributed by atoms with Crippen LogP contribution in [0.4, 0.5) is 0 Å². The number of hydrogen-bond acceptors (Lipinski definition) is 2. The monoisotopic (exact) mass is 198 g/mol. The Morgan fingerprint density at radius 2 is 2.36 bits per heavy atom. The third-order valence-electron chi connectivity index (χ3n) is 3.00. The van der Waals surface area contributed by atoms with Gasteiger partial charge in [-0.1, -0.05) is 6.92 Å². The van der Waals surface area contributed by atoms with Crippen molar-refractivity contribution >= 4 is 5.91 Å². The highest BCUT2D eigenvalue weighted by molar-refractivity contribution is 5.79. The highest BCUT2D eigenvalue weighted by Gasteiger charge is 2.24. The Morgan fingerprint density at radius 1 is 1.64 bits per heavy atom. The maximum atomic E-state index is 11.8. The topological polar surface area (TPSA) is 32.3 Å². The summed E-state index contributed by atoms with van der Waals surface area (Å²) in [6.45, 7) is 6.21. The van der Waals surface area contributed by atoms with Gasteiger partial charge in [-0.05, 0) is 39.8 Å². The van der Waals surface area contributed by atoms with Gasteiger partial charge in [0.2, 0.25) is 5.91 Å². The van der Waals surface area contributed by atoms with Crippen LogP contribution < -0.4 is 5.32 Å². The molecule has 1 fully saturated rings. The summed E-state index contributed by atoms with van der Waals surface area (Å²) in [5, 5.41) is 3.05. The van der Waals surface area contributed by atoms with E-state index in [1.165, 1.54) is 0 Å². The van der Waals surface area contributed by atoms with E-state index in [9.17, 15) is 4.79 Å². The van der Waals surface area contributed by atoms with Crippen molar-refractivity contribution in [1.82, 2.24) is 10.2 Å². The zero-order chi connectivity index (χ0) is 10.6. The molecule has 1 heterocycles. The number of likely N-dealkylation sites (tertiary alicyclic amines) is 1. The van der Waals surface area contributed by atoms with Crippen LogP contribution in [0.3, 0.4) is 0 Å². The Morgan fingerprint density at radius 3 is 2.93 bits per heavy atom. The molecule has 1 aliphatic heterocycles. The Labute approximate surface area is 86.9 Å². The SMILES string of the molecule is CC[C@H](C)NC(=O)[C@@H]1CCCN(C)C1. The van der Waals surface area contributed by atoms with Crippen LogP contribution in [-0.2, 0) is 4.79 Å². The Kier molecular flexibility index (Phi) is 4.39. The number of nitrogens with zero attached hydrogens (tertiary/aromatic N) is 1. The van der Waals surface area contributed by atoms with E-state index >= 15 is 0 Å². The van der Waals surface area contributed by atoms with Crippen LogP contribution in [0.5, 0.6) is 0 Å². The Bertz CT molecular complexity index is 194. The maximum Gasteiger partial charge on any atom is 0.224 e. The fraction of sp³-hybridized carbons (Fsp3) is 0.909. The van der Waals surface area contributed by atoms with Crippen molar-refractivity contribution in [1.29, 1.82) is 0 Å². The van der Waals surface area contributed by atoms with Crippen molar-refractivity contribution in [2.75, 3.05) is 20.1 Å². The second kappa shape index (κ2) is 5.35.